The Hall–Kier alpha value is -1.50. The molecule has 108 valence electrons. The molecule has 0 unspecified atom stereocenters. The van der Waals surface area contributed by atoms with Crippen molar-refractivity contribution >= 4 is 11.6 Å². The highest BCUT2D eigenvalue weighted by atomic mass is 35.5. The fraction of sp³-hybridized carbons (Fsp3) is 0.308. The SMILES string of the molecule is COCCNCc1cc(F)c(-n2cc(Cl)cn2)c(F)c1. The van der Waals surface area contributed by atoms with E-state index in [0.29, 0.717) is 30.3 Å². The van der Waals surface area contributed by atoms with Gasteiger partial charge < -0.3 is 10.1 Å². The smallest absolute Gasteiger partial charge is 0.152 e. The van der Waals surface area contributed by atoms with E-state index in [4.69, 9.17) is 16.3 Å². The second-order valence-electron chi connectivity index (χ2n) is 4.18. The van der Waals surface area contributed by atoms with Crippen LogP contribution in [0.2, 0.25) is 5.02 Å². The van der Waals surface area contributed by atoms with Gasteiger partial charge in [0.1, 0.15) is 5.69 Å². The molecule has 1 N–H and O–H groups in total. The number of rotatable bonds is 6. The summed E-state index contributed by atoms with van der Waals surface area (Å²) in [7, 11) is 1.59. The molecule has 0 saturated carbocycles. The highest BCUT2D eigenvalue weighted by Crippen LogP contribution is 2.20. The monoisotopic (exact) mass is 301 g/mol. The first-order chi connectivity index (χ1) is 9.61. The highest BCUT2D eigenvalue weighted by Gasteiger charge is 2.14. The maximum atomic E-state index is 14.0. The van der Waals surface area contributed by atoms with Gasteiger partial charge >= 0.3 is 0 Å². The van der Waals surface area contributed by atoms with Crippen LogP contribution in [0.25, 0.3) is 5.69 Å². The molecule has 7 heteroatoms. The average molecular weight is 302 g/mol. The molecule has 0 aliphatic carbocycles. The standard InChI is InChI=1S/C13H14ClF2N3O/c1-20-3-2-17-6-9-4-11(15)13(12(16)5-9)19-8-10(14)7-18-19/h4-5,7-8,17H,2-3,6H2,1H3. The molecule has 0 aliphatic rings. The summed E-state index contributed by atoms with van der Waals surface area (Å²) in [6, 6.07) is 2.54. The summed E-state index contributed by atoms with van der Waals surface area (Å²) >= 11 is 5.69. The lowest BCUT2D eigenvalue weighted by atomic mass is 10.2. The van der Waals surface area contributed by atoms with Crippen LogP contribution in [0, 0.1) is 11.6 Å². The number of nitrogens with one attached hydrogen (secondary N) is 1. The number of hydrogen-bond acceptors (Lipinski definition) is 3. The Kier molecular flexibility index (Phi) is 5.05. The van der Waals surface area contributed by atoms with Crippen molar-refractivity contribution in [2.24, 2.45) is 0 Å². The Bertz CT molecular complexity index is 566. The van der Waals surface area contributed by atoms with Gasteiger partial charge in [-0.3, -0.25) is 0 Å². The molecular formula is C13H14ClF2N3O. The van der Waals surface area contributed by atoms with Crippen molar-refractivity contribution in [2.45, 2.75) is 6.54 Å². The first-order valence-electron chi connectivity index (χ1n) is 6.00. The van der Waals surface area contributed by atoms with Gasteiger partial charge in [-0.05, 0) is 17.7 Å². The van der Waals surface area contributed by atoms with Gasteiger partial charge in [0.2, 0.25) is 0 Å². The van der Waals surface area contributed by atoms with Gasteiger partial charge in [-0.1, -0.05) is 11.6 Å². The van der Waals surface area contributed by atoms with Gasteiger partial charge in [-0.25, -0.2) is 13.5 Å². The van der Waals surface area contributed by atoms with Crippen molar-refractivity contribution in [3.05, 3.63) is 46.7 Å². The maximum Gasteiger partial charge on any atom is 0.152 e. The number of ether oxygens (including phenoxy) is 1. The lowest BCUT2D eigenvalue weighted by molar-refractivity contribution is 0.199. The van der Waals surface area contributed by atoms with Gasteiger partial charge in [0.25, 0.3) is 0 Å². The molecule has 2 aromatic rings. The van der Waals surface area contributed by atoms with Crippen LogP contribution < -0.4 is 5.32 Å². The predicted molar refractivity (Wildman–Crippen MR) is 72.1 cm³/mol. The second kappa shape index (κ2) is 6.78. The number of hydrogen-bond donors (Lipinski definition) is 1. The fourth-order valence-electron chi connectivity index (χ4n) is 1.77. The van der Waals surface area contributed by atoms with E-state index in [-0.39, 0.29) is 5.69 Å². The number of nitrogens with zero attached hydrogens (tertiary/aromatic N) is 2. The predicted octanol–water partition coefficient (Wildman–Crippen LogP) is 2.54. The fourth-order valence-corrected chi connectivity index (χ4v) is 1.91. The Morgan fingerprint density at radius 3 is 2.60 bits per heavy atom. The molecule has 1 aromatic heterocycles. The minimum atomic E-state index is -0.687. The van der Waals surface area contributed by atoms with Crippen molar-refractivity contribution in [3.63, 3.8) is 0 Å². The quantitative estimate of drug-likeness (QED) is 0.834. The lowest BCUT2D eigenvalue weighted by Crippen LogP contribution is -2.19. The highest BCUT2D eigenvalue weighted by molar-refractivity contribution is 6.30. The second-order valence-corrected chi connectivity index (χ2v) is 4.62. The van der Waals surface area contributed by atoms with Crippen LogP contribution in [0.15, 0.2) is 24.5 Å². The molecule has 1 heterocycles. The Morgan fingerprint density at radius 2 is 2.05 bits per heavy atom. The summed E-state index contributed by atoms with van der Waals surface area (Å²) in [5.74, 6) is -1.37. The zero-order valence-electron chi connectivity index (χ0n) is 10.9. The van der Waals surface area contributed by atoms with Crippen molar-refractivity contribution in [3.8, 4) is 5.69 Å². The molecule has 0 aliphatic heterocycles. The van der Waals surface area contributed by atoms with E-state index >= 15 is 0 Å². The van der Waals surface area contributed by atoms with Crippen LogP contribution in [0.1, 0.15) is 5.56 Å². The van der Waals surface area contributed by atoms with E-state index in [0.717, 1.165) is 4.68 Å². The minimum Gasteiger partial charge on any atom is -0.383 e. The number of aromatic nitrogens is 2. The zero-order valence-corrected chi connectivity index (χ0v) is 11.6. The van der Waals surface area contributed by atoms with Gasteiger partial charge in [-0.15, -0.1) is 0 Å². The molecule has 0 amide bonds. The Balaban J connectivity index is 2.16. The molecule has 0 spiro atoms. The van der Waals surface area contributed by atoms with Crippen LogP contribution in [0.3, 0.4) is 0 Å². The van der Waals surface area contributed by atoms with Gasteiger partial charge in [0.15, 0.2) is 11.6 Å². The van der Waals surface area contributed by atoms with Crippen molar-refractivity contribution in [2.75, 3.05) is 20.3 Å². The number of methoxy groups -OCH3 is 1. The summed E-state index contributed by atoms with van der Waals surface area (Å²) in [6.45, 7) is 1.50. The first-order valence-corrected chi connectivity index (χ1v) is 6.37. The average Bonchev–Trinajstić information content (AvgIpc) is 2.80. The molecule has 0 saturated heterocycles. The molecule has 2 rings (SSSR count). The summed E-state index contributed by atoms with van der Waals surface area (Å²) in [5.41, 5.74) is 0.274. The van der Waals surface area contributed by atoms with E-state index in [9.17, 15) is 8.78 Å². The Labute approximate surface area is 120 Å². The number of benzene rings is 1. The van der Waals surface area contributed by atoms with Gasteiger partial charge in [0.05, 0.1) is 17.8 Å². The molecule has 4 nitrogen and oxygen atoms in total. The minimum absolute atomic E-state index is 0.238. The van der Waals surface area contributed by atoms with E-state index in [1.807, 2.05) is 0 Å². The maximum absolute atomic E-state index is 14.0. The molecule has 1 aromatic carbocycles. The van der Waals surface area contributed by atoms with E-state index in [1.54, 1.807) is 7.11 Å². The third-order valence-corrected chi connectivity index (χ3v) is 2.86. The van der Waals surface area contributed by atoms with Crippen LogP contribution in [0.4, 0.5) is 8.78 Å². The van der Waals surface area contributed by atoms with Crippen LogP contribution in [-0.4, -0.2) is 30.0 Å². The third kappa shape index (κ3) is 3.53. The van der Waals surface area contributed by atoms with Crippen molar-refractivity contribution in [1.82, 2.24) is 15.1 Å². The summed E-state index contributed by atoms with van der Waals surface area (Å²) in [6.07, 6.45) is 2.67. The van der Waals surface area contributed by atoms with Gasteiger partial charge in [0, 0.05) is 26.4 Å². The Morgan fingerprint density at radius 1 is 1.35 bits per heavy atom. The van der Waals surface area contributed by atoms with Crippen LogP contribution in [0.5, 0.6) is 0 Å². The third-order valence-electron chi connectivity index (χ3n) is 2.67. The summed E-state index contributed by atoms with van der Waals surface area (Å²) in [5, 5.41) is 7.13. The molecule has 0 radical (unpaired) electrons. The van der Waals surface area contributed by atoms with Crippen molar-refractivity contribution < 1.29 is 13.5 Å². The first kappa shape index (κ1) is 14.9. The molecule has 0 atom stereocenters. The molecule has 0 bridgehead atoms. The molecule has 0 fully saturated rings. The van der Waals surface area contributed by atoms with E-state index < -0.39 is 11.6 Å². The largest absolute Gasteiger partial charge is 0.383 e. The van der Waals surface area contributed by atoms with Crippen LogP contribution in [-0.2, 0) is 11.3 Å². The normalized spacial score (nSPS) is 11.0. The summed E-state index contributed by atoms with van der Waals surface area (Å²) in [4.78, 5) is 0. The number of halogens is 3. The van der Waals surface area contributed by atoms with E-state index in [1.165, 1.54) is 24.5 Å². The molecular weight excluding hydrogens is 288 g/mol. The summed E-state index contributed by atoms with van der Waals surface area (Å²) < 4.78 is 33.9. The van der Waals surface area contributed by atoms with Crippen molar-refractivity contribution in [1.29, 1.82) is 0 Å². The van der Waals surface area contributed by atoms with Crippen LogP contribution >= 0.6 is 11.6 Å². The molecule has 20 heavy (non-hydrogen) atoms. The topological polar surface area (TPSA) is 39.1 Å². The lowest BCUT2D eigenvalue weighted by Gasteiger charge is -2.09. The van der Waals surface area contributed by atoms with Gasteiger partial charge in [-0.2, -0.15) is 5.10 Å². The zero-order chi connectivity index (χ0) is 14.5. The van der Waals surface area contributed by atoms with E-state index in [2.05, 4.69) is 10.4 Å².